The topological polar surface area (TPSA) is 64.4 Å². The average molecular weight is 377 g/mol. The Morgan fingerprint density at radius 2 is 1.89 bits per heavy atom. The third kappa shape index (κ3) is 4.28. The number of carbonyl (C=O) groups excluding carboxylic acids is 1. The lowest BCUT2D eigenvalue weighted by Crippen LogP contribution is -2.36. The third-order valence-corrected chi connectivity index (χ3v) is 4.50. The van der Waals surface area contributed by atoms with E-state index >= 15 is 0 Å². The van der Waals surface area contributed by atoms with Gasteiger partial charge in [0.15, 0.2) is 0 Å². The first-order valence-corrected chi connectivity index (χ1v) is 9.09. The largest absolute Gasteiger partial charge is 0.497 e. The van der Waals surface area contributed by atoms with E-state index in [4.69, 9.17) is 4.74 Å². The maximum Gasteiger partial charge on any atom is 0.254 e. The first-order valence-electron chi connectivity index (χ1n) is 9.09. The van der Waals surface area contributed by atoms with Crippen LogP contribution in [0, 0.1) is 6.92 Å². The molecule has 1 amide bonds. The Hall–Kier alpha value is -3.41. The smallest absolute Gasteiger partial charge is 0.254 e. The van der Waals surface area contributed by atoms with E-state index in [1.54, 1.807) is 12.0 Å². The highest BCUT2D eigenvalue weighted by Gasteiger charge is 2.15. The quantitative estimate of drug-likeness (QED) is 0.661. The summed E-state index contributed by atoms with van der Waals surface area (Å²) in [6.45, 7) is 4.35. The number of methoxy groups -OCH3 is 1. The van der Waals surface area contributed by atoms with Crippen molar-refractivity contribution in [3.8, 4) is 17.0 Å². The number of aryl methyl sites for hydroxylation is 1. The van der Waals surface area contributed by atoms with Crippen LogP contribution in [0.25, 0.3) is 11.3 Å². The SMILES string of the molecule is CCN(C(=O)Cn1cnc(-c2ccc(OC)cc2)cc1=O)c1cccc(C)c1. The lowest BCUT2D eigenvalue weighted by Gasteiger charge is -2.22. The van der Waals surface area contributed by atoms with Crippen LogP contribution >= 0.6 is 0 Å². The van der Waals surface area contributed by atoms with Gasteiger partial charge < -0.3 is 9.64 Å². The summed E-state index contributed by atoms with van der Waals surface area (Å²) in [4.78, 5) is 31.3. The van der Waals surface area contributed by atoms with E-state index in [2.05, 4.69) is 4.98 Å². The fraction of sp³-hybridized carbons (Fsp3) is 0.227. The molecule has 0 N–H and O–H groups in total. The van der Waals surface area contributed by atoms with E-state index in [1.165, 1.54) is 17.0 Å². The molecule has 1 aromatic heterocycles. The van der Waals surface area contributed by atoms with Crippen molar-refractivity contribution in [1.82, 2.24) is 9.55 Å². The molecule has 0 radical (unpaired) electrons. The molecule has 0 aliphatic carbocycles. The summed E-state index contributed by atoms with van der Waals surface area (Å²) in [6.07, 6.45) is 1.42. The Kier molecular flexibility index (Phi) is 5.89. The van der Waals surface area contributed by atoms with Gasteiger partial charge >= 0.3 is 0 Å². The summed E-state index contributed by atoms with van der Waals surface area (Å²) in [5, 5.41) is 0. The summed E-state index contributed by atoms with van der Waals surface area (Å²) in [6, 6.07) is 16.5. The number of likely N-dealkylation sites (N-methyl/N-ethyl adjacent to an activating group) is 1. The second-order valence-corrected chi connectivity index (χ2v) is 6.45. The van der Waals surface area contributed by atoms with Crippen LogP contribution < -0.4 is 15.2 Å². The highest BCUT2D eigenvalue weighted by Crippen LogP contribution is 2.19. The molecule has 0 spiro atoms. The molecule has 144 valence electrons. The van der Waals surface area contributed by atoms with Crippen LogP contribution in [0.1, 0.15) is 12.5 Å². The maximum absolute atomic E-state index is 12.8. The molecule has 0 atom stereocenters. The predicted octanol–water partition coefficient (Wildman–Crippen LogP) is 3.28. The number of hydrogen-bond donors (Lipinski definition) is 0. The van der Waals surface area contributed by atoms with Gasteiger partial charge in [0.1, 0.15) is 12.3 Å². The van der Waals surface area contributed by atoms with Gasteiger partial charge in [0.25, 0.3) is 5.56 Å². The number of rotatable bonds is 6. The summed E-state index contributed by atoms with van der Waals surface area (Å²) in [7, 11) is 1.60. The molecule has 1 heterocycles. The molecule has 28 heavy (non-hydrogen) atoms. The number of nitrogens with zero attached hydrogens (tertiary/aromatic N) is 3. The second kappa shape index (κ2) is 8.52. The standard InChI is InChI=1S/C22H23N3O3/c1-4-25(18-7-5-6-16(2)12-18)22(27)14-24-15-23-20(13-21(24)26)17-8-10-19(28-3)11-9-17/h5-13,15H,4,14H2,1-3H3. The molecule has 0 aliphatic rings. The van der Waals surface area contributed by atoms with Crippen LogP contribution in [-0.2, 0) is 11.3 Å². The van der Waals surface area contributed by atoms with Crippen molar-refractivity contribution >= 4 is 11.6 Å². The summed E-state index contributed by atoms with van der Waals surface area (Å²) < 4.78 is 6.47. The molecule has 0 saturated heterocycles. The first kappa shape index (κ1) is 19.4. The molecule has 0 bridgehead atoms. The first-order chi connectivity index (χ1) is 13.5. The monoisotopic (exact) mass is 377 g/mol. The molecule has 6 nitrogen and oxygen atoms in total. The van der Waals surface area contributed by atoms with Gasteiger partial charge in [0, 0.05) is 23.9 Å². The number of carbonyl (C=O) groups is 1. The molecule has 2 aromatic carbocycles. The van der Waals surface area contributed by atoms with Gasteiger partial charge in [-0.2, -0.15) is 0 Å². The highest BCUT2D eigenvalue weighted by atomic mass is 16.5. The van der Waals surface area contributed by atoms with E-state index in [1.807, 2.05) is 62.4 Å². The zero-order chi connectivity index (χ0) is 20.1. The van der Waals surface area contributed by atoms with Gasteiger partial charge in [0.05, 0.1) is 19.1 Å². The van der Waals surface area contributed by atoms with E-state index in [-0.39, 0.29) is 18.0 Å². The van der Waals surface area contributed by atoms with Crippen LogP contribution in [-0.4, -0.2) is 29.1 Å². The predicted molar refractivity (Wildman–Crippen MR) is 110 cm³/mol. The third-order valence-electron chi connectivity index (χ3n) is 4.50. The molecular formula is C22H23N3O3. The Bertz CT molecular complexity index is 1030. The minimum atomic E-state index is -0.269. The molecule has 0 fully saturated rings. The lowest BCUT2D eigenvalue weighted by atomic mass is 10.1. The molecule has 0 aliphatic heterocycles. The zero-order valence-corrected chi connectivity index (χ0v) is 16.3. The van der Waals surface area contributed by atoms with Crippen molar-refractivity contribution < 1.29 is 9.53 Å². The van der Waals surface area contributed by atoms with Crippen molar-refractivity contribution in [1.29, 1.82) is 0 Å². The van der Waals surface area contributed by atoms with Crippen LogP contribution in [0.3, 0.4) is 0 Å². The van der Waals surface area contributed by atoms with Gasteiger partial charge in [-0.3, -0.25) is 14.2 Å². The number of benzene rings is 2. The summed E-state index contributed by atoms with van der Waals surface area (Å²) >= 11 is 0. The number of anilines is 1. The molecule has 0 saturated carbocycles. The average Bonchev–Trinajstić information content (AvgIpc) is 2.70. The Labute approximate surface area is 164 Å². The van der Waals surface area contributed by atoms with Crippen LogP contribution in [0.2, 0.25) is 0 Å². The van der Waals surface area contributed by atoms with Crippen LogP contribution in [0.4, 0.5) is 5.69 Å². The highest BCUT2D eigenvalue weighted by molar-refractivity contribution is 5.93. The van der Waals surface area contributed by atoms with E-state index in [9.17, 15) is 9.59 Å². The van der Waals surface area contributed by atoms with Crippen molar-refractivity contribution in [2.75, 3.05) is 18.6 Å². The Morgan fingerprint density at radius 1 is 1.14 bits per heavy atom. The van der Waals surface area contributed by atoms with E-state index < -0.39 is 0 Å². The van der Waals surface area contributed by atoms with Crippen LogP contribution in [0.15, 0.2) is 65.7 Å². The normalized spacial score (nSPS) is 10.5. The molecule has 3 aromatic rings. The minimum Gasteiger partial charge on any atom is -0.497 e. The van der Waals surface area contributed by atoms with Gasteiger partial charge in [-0.05, 0) is 55.8 Å². The molecular weight excluding hydrogens is 354 g/mol. The van der Waals surface area contributed by atoms with Crippen LogP contribution in [0.5, 0.6) is 5.75 Å². The summed E-state index contributed by atoms with van der Waals surface area (Å²) in [5.41, 5.74) is 3.00. The number of hydrogen-bond acceptors (Lipinski definition) is 4. The second-order valence-electron chi connectivity index (χ2n) is 6.45. The summed E-state index contributed by atoms with van der Waals surface area (Å²) in [5.74, 6) is 0.577. The van der Waals surface area contributed by atoms with Crippen molar-refractivity contribution in [2.45, 2.75) is 20.4 Å². The van der Waals surface area contributed by atoms with E-state index in [0.29, 0.717) is 12.2 Å². The van der Waals surface area contributed by atoms with E-state index in [0.717, 1.165) is 22.6 Å². The number of aromatic nitrogens is 2. The van der Waals surface area contributed by atoms with Crippen molar-refractivity contribution in [2.24, 2.45) is 0 Å². The molecule has 3 rings (SSSR count). The van der Waals surface area contributed by atoms with Crippen molar-refractivity contribution in [3.05, 3.63) is 76.8 Å². The minimum absolute atomic E-state index is 0.0590. The number of amides is 1. The maximum atomic E-state index is 12.8. The Balaban J connectivity index is 1.80. The fourth-order valence-electron chi connectivity index (χ4n) is 2.99. The van der Waals surface area contributed by atoms with Gasteiger partial charge in [-0.1, -0.05) is 12.1 Å². The lowest BCUT2D eigenvalue weighted by molar-refractivity contribution is -0.119. The molecule has 0 unspecified atom stereocenters. The van der Waals surface area contributed by atoms with Crippen molar-refractivity contribution in [3.63, 3.8) is 0 Å². The van der Waals surface area contributed by atoms with Gasteiger partial charge in [-0.15, -0.1) is 0 Å². The molecule has 6 heteroatoms. The number of ether oxygens (including phenoxy) is 1. The fourth-order valence-corrected chi connectivity index (χ4v) is 2.99. The van der Waals surface area contributed by atoms with Gasteiger partial charge in [0.2, 0.25) is 5.91 Å². The van der Waals surface area contributed by atoms with Gasteiger partial charge in [-0.25, -0.2) is 4.98 Å². The zero-order valence-electron chi connectivity index (χ0n) is 16.3. The Morgan fingerprint density at radius 3 is 2.50 bits per heavy atom.